The summed E-state index contributed by atoms with van der Waals surface area (Å²) in [4.78, 5) is 19.4. The molecule has 7 aromatic carbocycles. The highest BCUT2D eigenvalue weighted by molar-refractivity contribution is 7.26. The van der Waals surface area contributed by atoms with Gasteiger partial charge in [0.1, 0.15) is 0 Å². The molecule has 5 nitrogen and oxygen atoms in total. The van der Waals surface area contributed by atoms with Gasteiger partial charge in [0.15, 0.2) is 11.6 Å². The number of nitrogens with one attached hydrogen (secondary N) is 1. The minimum atomic E-state index is 0.604. The van der Waals surface area contributed by atoms with Crippen molar-refractivity contribution in [3.05, 3.63) is 133 Å². The topological polar surface area (TPSA) is 59.4 Å². The smallest absolute Gasteiger partial charge is 0.238 e. The van der Waals surface area contributed by atoms with Crippen LogP contribution in [0.15, 0.2) is 133 Å². The van der Waals surface area contributed by atoms with Crippen molar-refractivity contribution in [2.45, 2.75) is 0 Å². The number of benzene rings is 7. The molecule has 0 saturated carbocycles. The van der Waals surface area contributed by atoms with Gasteiger partial charge in [0.05, 0.1) is 21.3 Å². The third-order valence-corrected chi connectivity index (χ3v) is 10.7. The molecule has 11 rings (SSSR count). The van der Waals surface area contributed by atoms with E-state index in [0.717, 1.165) is 33.2 Å². The molecule has 0 amide bonds. The number of para-hydroxylation sites is 1. The van der Waals surface area contributed by atoms with E-state index in [1.54, 1.807) is 0 Å². The van der Waals surface area contributed by atoms with Crippen LogP contribution in [0.3, 0.4) is 0 Å². The van der Waals surface area contributed by atoms with Crippen LogP contribution < -0.4 is 0 Å². The summed E-state index contributed by atoms with van der Waals surface area (Å²) >= 11 is 1.84. The van der Waals surface area contributed by atoms with E-state index in [9.17, 15) is 0 Å². The van der Waals surface area contributed by atoms with E-state index < -0.39 is 0 Å². The first-order valence-corrected chi connectivity index (χ1v) is 16.5. The summed E-state index contributed by atoms with van der Waals surface area (Å²) in [7, 11) is 0. The molecule has 47 heavy (non-hydrogen) atoms. The van der Waals surface area contributed by atoms with Gasteiger partial charge in [0.25, 0.3) is 0 Å². The first-order valence-electron chi connectivity index (χ1n) is 15.7. The predicted molar refractivity (Wildman–Crippen MR) is 196 cm³/mol. The summed E-state index contributed by atoms with van der Waals surface area (Å²) in [6.07, 6.45) is 0. The van der Waals surface area contributed by atoms with E-state index in [1.165, 1.54) is 52.5 Å². The Morgan fingerprint density at radius 1 is 0.511 bits per heavy atom. The number of rotatable bonds is 3. The van der Waals surface area contributed by atoms with E-state index in [-0.39, 0.29) is 0 Å². The maximum absolute atomic E-state index is 5.28. The maximum atomic E-state index is 5.28. The Labute approximate surface area is 271 Å². The number of aromatic nitrogens is 5. The fourth-order valence-electron chi connectivity index (χ4n) is 7.47. The number of aromatic amines is 1. The normalized spacial score (nSPS) is 12.3. The molecule has 1 N–H and O–H groups in total. The highest BCUT2D eigenvalue weighted by Crippen LogP contribution is 2.49. The van der Waals surface area contributed by atoms with Crippen molar-refractivity contribution in [2.24, 2.45) is 0 Å². The summed E-state index contributed by atoms with van der Waals surface area (Å²) in [5.41, 5.74) is 6.31. The summed E-state index contributed by atoms with van der Waals surface area (Å²) in [5.74, 6) is 1.89. The molecule has 4 heterocycles. The van der Waals surface area contributed by atoms with Gasteiger partial charge in [-0.2, -0.15) is 9.97 Å². The predicted octanol–water partition coefficient (Wildman–Crippen LogP) is 10.9. The monoisotopic (exact) mass is 617 g/mol. The van der Waals surface area contributed by atoms with Crippen LogP contribution in [0.1, 0.15) is 0 Å². The van der Waals surface area contributed by atoms with Gasteiger partial charge in [-0.05, 0) is 35.0 Å². The maximum Gasteiger partial charge on any atom is 0.238 e. The highest BCUT2D eigenvalue weighted by atomic mass is 32.1. The molecule has 6 heteroatoms. The number of fused-ring (bicyclic) bond motifs is 8. The van der Waals surface area contributed by atoms with Crippen LogP contribution in [0.2, 0.25) is 0 Å². The second kappa shape index (κ2) is 9.22. The lowest BCUT2D eigenvalue weighted by Crippen LogP contribution is -2.06. The van der Waals surface area contributed by atoms with Gasteiger partial charge in [0, 0.05) is 53.7 Å². The van der Waals surface area contributed by atoms with Crippen molar-refractivity contribution >= 4 is 85.9 Å². The van der Waals surface area contributed by atoms with Crippen molar-refractivity contribution in [3.63, 3.8) is 0 Å². The van der Waals surface area contributed by atoms with Gasteiger partial charge in [-0.3, -0.25) is 4.57 Å². The molecule has 0 fully saturated rings. The molecule has 218 valence electrons. The lowest BCUT2D eigenvalue weighted by Gasteiger charge is -2.11. The second-order valence-electron chi connectivity index (χ2n) is 12.1. The van der Waals surface area contributed by atoms with Gasteiger partial charge in [-0.1, -0.05) is 109 Å². The minimum Gasteiger partial charge on any atom is -0.353 e. The molecule has 0 bridgehead atoms. The van der Waals surface area contributed by atoms with Crippen LogP contribution in [0.4, 0.5) is 0 Å². The fraction of sp³-hybridized carbons (Fsp3) is 0. The summed E-state index contributed by atoms with van der Waals surface area (Å²) in [6, 6.07) is 46.9. The van der Waals surface area contributed by atoms with Gasteiger partial charge < -0.3 is 4.98 Å². The Hall–Kier alpha value is -6.11. The first kappa shape index (κ1) is 25.1. The zero-order valence-corrected chi connectivity index (χ0v) is 25.7. The number of hydrogen-bond acceptors (Lipinski definition) is 4. The quantitative estimate of drug-likeness (QED) is 0.201. The number of H-pyrrole nitrogens is 1. The average molecular weight is 618 g/mol. The Balaban J connectivity index is 1.40. The van der Waals surface area contributed by atoms with E-state index in [4.69, 9.17) is 15.0 Å². The third-order valence-electron chi connectivity index (χ3n) is 9.51. The van der Waals surface area contributed by atoms with Gasteiger partial charge >= 0.3 is 0 Å². The van der Waals surface area contributed by atoms with Crippen molar-refractivity contribution in [1.29, 1.82) is 0 Å². The molecule has 0 saturated heterocycles. The molecule has 0 spiro atoms. The van der Waals surface area contributed by atoms with Crippen LogP contribution in [-0.4, -0.2) is 24.5 Å². The molecule has 0 aliphatic rings. The fourth-order valence-corrected chi connectivity index (χ4v) is 8.69. The standard InChI is InChI=1S/C41H23N5S/c1-3-11-23(12-4-1)39-43-40(24-13-5-2-6-14-24)45-41(44-39)46-36-33-25(21-29-27-15-7-9-17-31(27)42-35(29)36)19-20-26-22-30-28-16-8-10-18-32(28)47-38(30)37(46)34(26)33/h1-22,42H. The molecule has 0 unspecified atom stereocenters. The van der Waals surface area contributed by atoms with E-state index >= 15 is 0 Å². The van der Waals surface area contributed by atoms with Crippen LogP contribution >= 0.6 is 11.3 Å². The van der Waals surface area contributed by atoms with Crippen LogP contribution in [0, 0.1) is 0 Å². The van der Waals surface area contributed by atoms with Crippen molar-refractivity contribution in [1.82, 2.24) is 24.5 Å². The lowest BCUT2D eigenvalue weighted by molar-refractivity contribution is 0.957. The summed E-state index contributed by atoms with van der Waals surface area (Å²) in [6.45, 7) is 0. The molecule has 0 aliphatic carbocycles. The van der Waals surface area contributed by atoms with Crippen LogP contribution in [-0.2, 0) is 0 Å². The lowest BCUT2D eigenvalue weighted by atomic mass is 9.98. The Morgan fingerprint density at radius 2 is 1.11 bits per heavy atom. The SMILES string of the molecule is c1ccc(-c2nc(-c3ccccc3)nc(-n3c4c5[nH]c6ccccc6c5cc5ccc6cc7c8ccccc8sc7c3c6c54)n2)cc1. The molecular formula is C41H23N5S. The van der Waals surface area contributed by atoms with Crippen molar-refractivity contribution in [3.8, 4) is 28.7 Å². The summed E-state index contributed by atoms with van der Waals surface area (Å²) in [5, 5.41) is 9.78. The van der Waals surface area contributed by atoms with Gasteiger partial charge in [0.2, 0.25) is 5.95 Å². The number of nitrogens with zero attached hydrogens (tertiary/aromatic N) is 4. The number of thiophene rings is 1. The zero-order valence-electron chi connectivity index (χ0n) is 24.9. The van der Waals surface area contributed by atoms with Crippen molar-refractivity contribution in [2.75, 3.05) is 0 Å². The summed E-state index contributed by atoms with van der Waals surface area (Å²) < 4.78 is 4.82. The van der Waals surface area contributed by atoms with Crippen LogP contribution in [0.25, 0.3) is 103 Å². The largest absolute Gasteiger partial charge is 0.353 e. The average Bonchev–Trinajstić information content (AvgIpc) is 3.81. The van der Waals surface area contributed by atoms with Gasteiger partial charge in [-0.15, -0.1) is 11.3 Å². The highest BCUT2D eigenvalue weighted by Gasteiger charge is 2.26. The second-order valence-corrected chi connectivity index (χ2v) is 13.2. The third kappa shape index (κ3) is 3.45. The van der Waals surface area contributed by atoms with E-state index in [1.807, 2.05) is 47.7 Å². The molecule has 0 aliphatic heterocycles. The Bertz CT molecular complexity index is 2810. The van der Waals surface area contributed by atoms with E-state index in [2.05, 4.69) is 107 Å². The van der Waals surface area contributed by atoms with Crippen LogP contribution in [0.5, 0.6) is 0 Å². The first-order chi connectivity index (χ1) is 23.3. The Kier molecular flexibility index (Phi) is 4.93. The Morgan fingerprint density at radius 3 is 1.83 bits per heavy atom. The molecule has 4 aromatic heterocycles. The molecule has 11 aromatic rings. The minimum absolute atomic E-state index is 0.604. The molecule has 0 atom stereocenters. The van der Waals surface area contributed by atoms with Gasteiger partial charge in [-0.25, -0.2) is 4.98 Å². The molecular weight excluding hydrogens is 595 g/mol. The molecule has 0 radical (unpaired) electrons. The van der Waals surface area contributed by atoms with Crippen molar-refractivity contribution < 1.29 is 0 Å². The number of hydrogen-bond donors (Lipinski definition) is 1. The van der Waals surface area contributed by atoms with E-state index in [0.29, 0.717) is 17.6 Å². The zero-order chi connectivity index (χ0) is 30.6.